The summed E-state index contributed by atoms with van der Waals surface area (Å²) >= 11 is 0. The average Bonchev–Trinajstić information content (AvgIpc) is 4.09. The fraction of sp³-hybridized carbons (Fsp3) is 0.500. The van der Waals surface area contributed by atoms with Gasteiger partial charge < -0.3 is 49.3 Å². The molecule has 0 unspecified atom stereocenters. The first-order valence-corrected chi connectivity index (χ1v) is 19.8. The highest BCUT2D eigenvalue weighted by atomic mass is 16.5. The zero-order chi connectivity index (χ0) is 40.4. The van der Waals surface area contributed by atoms with E-state index in [9.17, 15) is 19.2 Å². The van der Waals surface area contributed by atoms with Gasteiger partial charge in [-0.25, -0.2) is 14.6 Å². The van der Waals surface area contributed by atoms with E-state index in [0.29, 0.717) is 18.9 Å². The van der Waals surface area contributed by atoms with Gasteiger partial charge in [0.2, 0.25) is 11.8 Å². The first kappa shape index (κ1) is 39.8. The van der Waals surface area contributed by atoms with Crippen LogP contribution in [0.5, 0.6) is 0 Å². The van der Waals surface area contributed by atoms with Crippen LogP contribution in [-0.2, 0) is 41.4 Å². The molecule has 2 aromatic carbocycles. The molecule has 4 aromatic rings. The molecule has 2 aliphatic heterocycles. The van der Waals surface area contributed by atoms with E-state index in [4.69, 9.17) is 23.9 Å². The van der Waals surface area contributed by atoms with Crippen LogP contribution in [0.4, 0.5) is 9.59 Å². The lowest BCUT2D eigenvalue weighted by atomic mass is 10.00. The number of fused-ring (bicyclic) bond motifs is 2. The lowest BCUT2D eigenvalue weighted by Gasteiger charge is -2.31. The van der Waals surface area contributed by atoms with E-state index in [1.165, 1.54) is 39.6 Å². The first-order valence-electron chi connectivity index (χ1n) is 19.8. The fourth-order valence-corrected chi connectivity index (χ4v) is 8.74. The molecule has 0 spiro atoms. The van der Waals surface area contributed by atoms with E-state index in [1.807, 2.05) is 11.0 Å². The van der Waals surface area contributed by atoms with Gasteiger partial charge in [-0.15, -0.1) is 0 Å². The average molecular weight is 784 g/mol. The van der Waals surface area contributed by atoms with Crippen LogP contribution in [0.2, 0.25) is 0 Å². The number of alkyl carbamates (subject to hydrolysis) is 2. The second kappa shape index (κ2) is 17.0. The van der Waals surface area contributed by atoms with Crippen LogP contribution in [0.1, 0.15) is 80.7 Å². The van der Waals surface area contributed by atoms with E-state index in [0.717, 1.165) is 84.1 Å². The van der Waals surface area contributed by atoms with Crippen molar-refractivity contribution in [3.63, 3.8) is 0 Å². The van der Waals surface area contributed by atoms with Crippen LogP contribution in [0.25, 0.3) is 33.4 Å². The molecule has 57 heavy (non-hydrogen) atoms. The molecule has 2 aromatic heterocycles. The van der Waals surface area contributed by atoms with Gasteiger partial charge in [-0.2, -0.15) is 0 Å². The van der Waals surface area contributed by atoms with Gasteiger partial charge >= 0.3 is 12.2 Å². The number of H-pyrrole nitrogens is 2. The van der Waals surface area contributed by atoms with Crippen LogP contribution in [0.15, 0.2) is 42.5 Å². The zero-order valence-electron chi connectivity index (χ0n) is 33.5. The third-order valence-corrected chi connectivity index (χ3v) is 12.0. The van der Waals surface area contributed by atoms with Gasteiger partial charge in [-0.05, 0) is 98.7 Å². The zero-order valence-corrected chi connectivity index (χ0v) is 33.5. The van der Waals surface area contributed by atoms with Crippen molar-refractivity contribution in [1.82, 2.24) is 35.4 Å². The number of carbonyl (C=O) groups excluding carboxylic acids is 4. The molecule has 1 aliphatic carbocycles. The first-order chi connectivity index (χ1) is 27.6. The topological polar surface area (TPSA) is 180 Å². The number of benzene rings is 2. The van der Waals surface area contributed by atoms with Gasteiger partial charge in [0.25, 0.3) is 0 Å². The van der Waals surface area contributed by atoms with Crippen LogP contribution in [-0.4, -0.2) is 115 Å². The van der Waals surface area contributed by atoms with Crippen LogP contribution in [0.3, 0.4) is 0 Å². The molecule has 15 heteroatoms. The second-order valence-corrected chi connectivity index (χ2v) is 15.1. The van der Waals surface area contributed by atoms with Gasteiger partial charge in [0, 0.05) is 38.7 Å². The number of nitrogens with zero attached hydrogens (tertiary/aromatic N) is 3. The Hall–Kier alpha value is -5.41. The predicted molar refractivity (Wildman–Crippen MR) is 212 cm³/mol. The van der Waals surface area contributed by atoms with E-state index in [2.05, 4.69) is 57.0 Å². The maximum Gasteiger partial charge on any atom is 0.407 e. The van der Waals surface area contributed by atoms with Crippen molar-refractivity contribution >= 4 is 35.0 Å². The van der Waals surface area contributed by atoms with Crippen molar-refractivity contribution < 1.29 is 38.1 Å². The smallest absolute Gasteiger partial charge is 0.407 e. The van der Waals surface area contributed by atoms with E-state index >= 15 is 0 Å². The predicted octanol–water partition coefficient (Wildman–Crippen LogP) is 5.56. The van der Waals surface area contributed by atoms with Gasteiger partial charge in [0.15, 0.2) is 0 Å². The molecule has 0 saturated carbocycles. The summed E-state index contributed by atoms with van der Waals surface area (Å²) in [5.74, 6) is 0.275. The molecular formula is C42H53N7O8. The number of amides is 4. The van der Waals surface area contributed by atoms with Crippen LogP contribution >= 0.6 is 0 Å². The summed E-state index contributed by atoms with van der Waals surface area (Å²) in [7, 11) is 5.57. The minimum absolute atomic E-state index is 0.129. The maximum absolute atomic E-state index is 13.9. The summed E-state index contributed by atoms with van der Waals surface area (Å²) in [4.78, 5) is 67.7. The highest BCUT2D eigenvalue weighted by molar-refractivity contribution is 5.88. The number of rotatable bonds is 12. The van der Waals surface area contributed by atoms with Gasteiger partial charge in [0.05, 0.1) is 49.5 Å². The van der Waals surface area contributed by atoms with Crippen molar-refractivity contribution in [2.45, 2.75) is 95.2 Å². The Labute approximate surface area is 332 Å². The molecule has 7 rings (SSSR count). The van der Waals surface area contributed by atoms with Crippen molar-refractivity contribution in [3.05, 3.63) is 65.1 Å². The Morgan fingerprint density at radius 3 is 1.84 bits per heavy atom. The number of likely N-dealkylation sites (tertiary alicyclic amines) is 2. The van der Waals surface area contributed by atoms with E-state index < -0.39 is 36.5 Å². The van der Waals surface area contributed by atoms with E-state index in [1.54, 1.807) is 18.7 Å². The summed E-state index contributed by atoms with van der Waals surface area (Å²) in [6.07, 6.45) is 3.76. The lowest BCUT2D eigenvalue weighted by molar-refractivity contribution is -0.138. The van der Waals surface area contributed by atoms with Crippen molar-refractivity contribution in [3.8, 4) is 22.4 Å². The summed E-state index contributed by atoms with van der Waals surface area (Å²) in [5, 5.41) is 5.32. The molecule has 304 valence electrons. The summed E-state index contributed by atoms with van der Waals surface area (Å²) in [6.45, 7) is 4.65. The van der Waals surface area contributed by atoms with Crippen LogP contribution in [0, 0.1) is 0 Å². The molecule has 4 amide bonds. The summed E-state index contributed by atoms with van der Waals surface area (Å²) in [6, 6.07) is 12.5. The number of hydrogen-bond acceptors (Lipinski definition) is 9. The molecule has 4 N–H and O–H groups in total. The number of methoxy groups -OCH3 is 4. The third kappa shape index (κ3) is 7.82. The minimum Gasteiger partial charge on any atom is -0.453 e. The van der Waals surface area contributed by atoms with Gasteiger partial charge in [-0.3, -0.25) is 9.59 Å². The second-order valence-electron chi connectivity index (χ2n) is 15.1. The van der Waals surface area contributed by atoms with Gasteiger partial charge in [-0.1, -0.05) is 30.3 Å². The number of nitrogens with one attached hydrogen (secondary N) is 4. The van der Waals surface area contributed by atoms with Crippen molar-refractivity contribution in [1.29, 1.82) is 0 Å². The number of aromatic nitrogens is 3. The van der Waals surface area contributed by atoms with Crippen LogP contribution < -0.4 is 10.6 Å². The van der Waals surface area contributed by atoms with Gasteiger partial charge in [0.1, 0.15) is 17.9 Å². The quantitative estimate of drug-likeness (QED) is 0.143. The molecule has 3 aliphatic rings. The monoisotopic (exact) mass is 783 g/mol. The van der Waals surface area contributed by atoms with Crippen molar-refractivity contribution in [2.75, 3.05) is 41.5 Å². The normalized spacial score (nSPS) is 19.9. The Bertz CT molecular complexity index is 2110. The summed E-state index contributed by atoms with van der Waals surface area (Å²) < 4.78 is 20.5. The Morgan fingerprint density at radius 1 is 0.702 bits per heavy atom. The number of carbonyl (C=O) groups is 4. The Balaban J connectivity index is 1.10. The number of ether oxygens (including phenoxy) is 4. The largest absolute Gasteiger partial charge is 0.453 e. The molecule has 0 radical (unpaired) electrons. The molecule has 6 atom stereocenters. The summed E-state index contributed by atoms with van der Waals surface area (Å²) in [5.41, 5.74) is 9.60. The standard InChI is InChI=1S/C42H53N7O8/c1-23(54-3)34(46-41(52)56-5)39(50)48-20-8-12-32(48)37-29-11-7-10-28(29)36(45-37)26-16-14-25(15-17-26)27-18-19-30-31(22-27)44-38(43-30)33-13-9-21-49(33)40(51)35(24(2)55-4)47-42(53)57-6/h14-19,22-24,32-35,45H,7-13,20-21H2,1-6H3,(H,43,44)(H,46,52)(H,47,53)/t23-,24-,32+,33+,34+,35+/m1/s1. The van der Waals surface area contributed by atoms with E-state index in [-0.39, 0.29) is 23.9 Å². The number of hydrogen-bond donors (Lipinski definition) is 4. The Kier molecular flexibility index (Phi) is 11.9. The number of imidazole rings is 1. The molecular weight excluding hydrogens is 731 g/mol. The molecule has 0 bridgehead atoms. The third-order valence-electron chi connectivity index (χ3n) is 12.0. The highest BCUT2D eigenvalue weighted by Crippen LogP contribution is 2.42. The molecule has 15 nitrogen and oxygen atoms in total. The highest BCUT2D eigenvalue weighted by Gasteiger charge is 2.41. The fourth-order valence-electron chi connectivity index (χ4n) is 8.74. The maximum atomic E-state index is 13.9. The molecule has 4 heterocycles. The minimum atomic E-state index is -0.901. The number of aromatic amines is 2. The SMILES string of the molecule is COC(=O)N[C@H](C(=O)N1CCC[C@H]1c1nc2ccc(-c3ccc(-c4[nH]c([C@@H]5CCCN5C(=O)[C@@H](NC(=O)OC)[C@@H](C)OC)c5c4CCC5)cc3)cc2[nH]1)[C@@H](C)OC. The Morgan fingerprint density at radius 2 is 1.25 bits per heavy atom. The van der Waals surface area contributed by atoms with Crippen molar-refractivity contribution in [2.24, 2.45) is 0 Å². The molecule has 2 saturated heterocycles. The molecule has 2 fully saturated rings. The lowest BCUT2D eigenvalue weighted by Crippen LogP contribution is -2.54.